The van der Waals surface area contributed by atoms with Crippen molar-refractivity contribution in [2.45, 2.75) is 19.9 Å². The number of hydrogen-bond acceptors (Lipinski definition) is 4. The SMILES string of the molecule is CCNCc1cccc(NC(=O)C2CCS(=O)(=O)C2)c1. The van der Waals surface area contributed by atoms with Gasteiger partial charge in [0.05, 0.1) is 17.4 Å². The van der Waals surface area contributed by atoms with Gasteiger partial charge in [0, 0.05) is 12.2 Å². The summed E-state index contributed by atoms with van der Waals surface area (Å²) < 4.78 is 22.8. The third kappa shape index (κ3) is 4.05. The molecule has 1 aromatic carbocycles. The van der Waals surface area contributed by atoms with Gasteiger partial charge in [0.15, 0.2) is 9.84 Å². The Morgan fingerprint density at radius 2 is 2.20 bits per heavy atom. The molecule has 2 N–H and O–H groups in total. The van der Waals surface area contributed by atoms with E-state index in [1.54, 1.807) is 0 Å². The number of sulfone groups is 1. The van der Waals surface area contributed by atoms with E-state index in [0.29, 0.717) is 6.42 Å². The fourth-order valence-corrected chi connectivity index (χ4v) is 4.02. The molecule has 1 amide bonds. The number of hydrogen-bond donors (Lipinski definition) is 2. The average Bonchev–Trinajstić information content (AvgIpc) is 2.77. The summed E-state index contributed by atoms with van der Waals surface area (Å²) in [5.41, 5.74) is 1.80. The molecule has 1 aliphatic heterocycles. The zero-order valence-electron chi connectivity index (χ0n) is 11.6. The van der Waals surface area contributed by atoms with Gasteiger partial charge < -0.3 is 10.6 Å². The molecule has 1 aromatic rings. The van der Waals surface area contributed by atoms with E-state index in [1.165, 1.54) is 0 Å². The largest absolute Gasteiger partial charge is 0.326 e. The predicted molar refractivity (Wildman–Crippen MR) is 79.2 cm³/mol. The van der Waals surface area contributed by atoms with E-state index in [2.05, 4.69) is 10.6 Å². The maximum absolute atomic E-state index is 12.0. The fraction of sp³-hybridized carbons (Fsp3) is 0.500. The molecule has 20 heavy (non-hydrogen) atoms. The van der Waals surface area contributed by atoms with E-state index in [4.69, 9.17) is 0 Å². The molecular formula is C14H20N2O3S. The standard InChI is InChI=1S/C14H20N2O3S/c1-2-15-9-11-4-3-5-13(8-11)16-14(17)12-6-7-20(18,19)10-12/h3-5,8,12,15H,2,6-7,9-10H2,1H3,(H,16,17). The third-order valence-corrected chi connectivity index (χ3v) is 5.14. The summed E-state index contributed by atoms with van der Waals surface area (Å²) in [5.74, 6) is -0.536. The van der Waals surface area contributed by atoms with Gasteiger partial charge in [-0.3, -0.25) is 4.79 Å². The van der Waals surface area contributed by atoms with Gasteiger partial charge in [0.25, 0.3) is 0 Å². The molecule has 1 heterocycles. The smallest absolute Gasteiger partial charge is 0.228 e. The first-order valence-corrected chi connectivity index (χ1v) is 8.63. The number of carbonyl (C=O) groups is 1. The first-order chi connectivity index (χ1) is 9.50. The number of carbonyl (C=O) groups excluding carboxylic acids is 1. The minimum atomic E-state index is -3.02. The number of amides is 1. The molecule has 0 saturated carbocycles. The monoisotopic (exact) mass is 296 g/mol. The number of benzene rings is 1. The molecule has 110 valence electrons. The average molecular weight is 296 g/mol. The van der Waals surface area contributed by atoms with Crippen molar-refractivity contribution in [3.63, 3.8) is 0 Å². The van der Waals surface area contributed by atoms with Crippen LogP contribution in [0.1, 0.15) is 18.9 Å². The Kier molecular flexibility index (Phi) is 4.77. The maximum atomic E-state index is 12.0. The Labute approximate surface area is 119 Å². The van der Waals surface area contributed by atoms with Gasteiger partial charge in [-0.25, -0.2) is 8.42 Å². The van der Waals surface area contributed by atoms with Crippen LogP contribution < -0.4 is 10.6 Å². The molecule has 1 atom stereocenters. The van der Waals surface area contributed by atoms with E-state index < -0.39 is 15.8 Å². The fourth-order valence-electron chi connectivity index (χ4n) is 2.27. The molecule has 1 unspecified atom stereocenters. The highest BCUT2D eigenvalue weighted by Crippen LogP contribution is 2.20. The zero-order chi connectivity index (χ0) is 14.6. The van der Waals surface area contributed by atoms with Crippen LogP contribution in [0.25, 0.3) is 0 Å². The lowest BCUT2D eigenvalue weighted by Gasteiger charge is -2.11. The lowest BCUT2D eigenvalue weighted by Crippen LogP contribution is -2.23. The van der Waals surface area contributed by atoms with Crippen molar-refractivity contribution >= 4 is 21.4 Å². The second kappa shape index (κ2) is 6.37. The summed E-state index contributed by atoms with van der Waals surface area (Å²) in [6.07, 6.45) is 0.422. The van der Waals surface area contributed by atoms with E-state index >= 15 is 0 Å². The van der Waals surface area contributed by atoms with Gasteiger partial charge in [-0.15, -0.1) is 0 Å². The van der Waals surface area contributed by atoms with Crippen LogP contribution in [-0.4, -0.2) is 32.4 Å². The van der Waals surface area contributed by atoms with Crippen LogP contribution in [0.4, 0.5) is 5.69 Å². The van der Waals surface area contributed by atoms with Crippen molar-refractivity contribution in [1.29, 1.82) is 0 Å². The number of rotatable bonds is 5. The highest BCUT2D eigenvalue weighted by atomic mass is 32.2. The van der Waals surface area contributed by atoms with Gasteiger partial charge in [-0.1, -0.05) is 19.1 Å². The molecule has 0 aromatic heterocycles. The lowest BCUT2D eigenvalue weighted by atomic mass is 10.1. The molecule has 1 saturated heterocycles. The van der Waals surface area contributed by atoms with Gasteiger partial charge >= 0.3 is 0 Å². The molecule has 5 nitrogen and oxygen atoms in total. The minimum Gasteiger partial charge on any atom is -0.326 e. The van der Waals surface area contributed by atoms with Crippen LogP contribution in [0.3, 0.4) is 0 Å². The molecule has 0 bridgehead atoms. The zero-order valence-corrected chi connectivity index (χ0v) is 12.4. The Balaban J connectivity index is 1.97. The first kappa shape index (κ1) is 15.0. The van der Waals surface area contributed by atoms with Crippen molar-refractivity contribution in [1.82, 2.24) is 5.32 Å². The molecule has 0 aliphatic carbocycles. The lowest BCUT2D eigenvalue weighted by molar-refractivity contribution is -0.119. The van der Waals surface area contributed by atoms with Gasteiger partial charge in [0.2, 0.25) is 5.91 Å². The van der Waals surface area contributed by atoms with E-state index in [1.807, 2.05) is 31.2 Å². The molecule has 2 rings (SSSR count). The van der Waals surface area contributed by atoms with Crippen molar-refractivity contribution < 1.29 is 13.2 Å². The van der Waals surface area contributed by atoms with Crippen LogP contribution in [0.5, 0.6) is 0 Å². The number of anilines is 1. The summed E-state index contributed by atoms with van der Waals surface area (Å²) in [7, 11) is -3.02. The highest BCUT2D eigenvalue weighted by molar-refractivity contribution is 7.91. The summed E-state index contributed by atoms with van der Waals surface area (Å²) in [6, 6.07) is 7.59. The topological polar surface area (TPSA) is 75.3 Å². The first-order valence-electron chi connectivity index (χ1n) is 6.81. The van der Waals surface area contributed by atoms with Crippen molar-refractivity contribution in [3.8, 4) is 0 Å². The van der Waals surface area contributed by atoms with E-state index in [-0.39, 0.29) is 17.4 Å². The Bertz CT molecular complexity index is 584. The van der Waals surface area contributed by atoms with Crippen LogP contribution in [0.2, 0.25) is 0 Å². The molecule has 0 spiro atoms. The normalized spacial score (nSPS) is 20.8. The van der Waals surface area contributed by atoms with Crippen LogP contribution in [-0.2, 0) is 21.2 Å². The molecule has 6 heteroatoms. The highest BCUT2D eigenvalue weighted by Gasteiger charge is 2.32. The van der Waals surface area contributed by atoms with Gasteiger partial charge in [-0.2, -0.15) is 0 Å². The van der Waals surface area contributed by atoms with Crippen LogP contribution in [0, 0.1) is 5.92 Å². The maximum Gasteiger partial charge on any atom is 0.228 e. The molecule has 1 fully saturated rings. The van der Waals surface area contributed by atoms with Crippen LogP contribution >= 0.6 is 0 Å². The van der Waals surface area contributed by atoms with E-state index in [0.717, 1.165) is 24.3 Å². The van der Waals surface area contributed by atoms with E-state index in [9.17, 15) is 13.2 Å². The quantitative estimate of drug-likeness (QED) is 0.855. The Morgan fingerprint density at radius 1 is 1.40 bits per heavy atom. The Morgan fingerprint density at radius 3 is 2.85 bits per heavy atom. The van der Waals surface area contributed by atoms with Crippen molar-refractivity contribution in [3.05, 3.63) is 29.8 Å². The third-order valence-electron chi connectivity index (χ3n) is 3.38. The molecule has 0 radical (unpaired) electrons. The second-order valence-corrected chi connectivity index (χ2v) is 7.30. The Hall–Kier alpha value is -1.40. The van der Waals surface area contributed by atoms with Crippen molar-refractivity contribution in [2.75, 3.05) is 23.4 Å². The number of nitrogens with one attached hydrogen (secondary N) is 2. The summed E-state index contributed by atoms with van der Waals surface area (Å²) in [4.78, 5) is 12.0. The van der Waals surface area contributed by atoms with Gasteiger partial charge in [0.1, 0.15) is 0 Å². The molecule has 1 aliphatic rings. The minimum absolute atomic E-state index is 0.0318. The molecular weight excluding hydrogens is 276 g/mol. The predicted octanol–water partition coefficient (Wildman–Crippen LogP) is 1.17. The summed E-state index contributed by atoms with van der Waals surface area (Å²) in [6.45, 7) is 3.67. The van der Waals surface area contributed by atoms with Crippen molar-refractivity contribution in [2.24, 2.45) is 5.92 Å². The van der Waals surface area contributed by atoms with Gasteiger partial charge in [-0.05, 0) is 30.7 Å². The second-order valence-electron chi connectivity index (χ2n) is 5.07. The van der Waals surface area contributed by atoms with Crippen LogP contribution in [0.15, 0.2) is 24.3 Å². The summed E-state index contributed by atoms with van der Waals surface area (Å²) in [5, 5.41) is 6.03. The summed E-state index contributed by atoms with van der Waals surface area (Å²) >= 11 is 0.